The Morgan fingerprint density at radius 2 is 2.05 bits per heavy atom. The number of benzene rings is 1. The molecule has 22 heavy (non-hydrogen) atoms. The summed E-state index contributed by atoms with van der Waals surface area (Å²) in [5.41, 5.74) is 0.211. The van der Waals surface area contributed by atoms with Crippen molar-refractivity contribution in [3.05, 3.63) is 51.2 Å². The lowest BCUT2D eigenvalue weighted by atomic mass is 10.2. The van der Waals surface area contributed by atoms with Gasteiger partial charge in [0.15, 0.2) is 9.84 Å². The van der Waals surface area contributed by atoms with E-state index in [-0.39, 0.29) is 21.4 Å². The molecular formula is C15H16ClNO3S2. The molecule has 7 heteroatoms. The number of sulfone groups is 1. The molecule has 0 unspecified atom stereocenters. The predicted octanol–water partition coefficient (Wildman–Crippen LogP) is 3.47. The minimum absolute atomic E-state index is 0.0902. The molecule has 0 atom stereocenters. The van der Waals surface area contributed by atoms with Gasteiger partial charge in [-0.1, -0.05) is 17.7 Å². The molecule has 0 aliphatic rings. The normalized spacial score (nSPS) is 11.4. The topological polar surface area (TPSA) is 54.5 Å². The Labute approximate surface area is 139 Å². The summed E-state index contributed by atoms with van der Waals surface area (Å²) in [6.07, 6.45) is 1.10. The third-order valence-corrected chi connectivity index (χ3v) is 5.49. The van der Waals surface area contributed by atoms with Gasteiger partial charge in [-0.05, 0) is 36.6 Å². The van der Waals surface area contributed by atoms with E-state index < -0.39 is 9.84 Å². The number of thiophene rings is 1. The van der Waals surface area contributed by atoms with Crippen LogP contribution in [0.2, 0.25) is 5.02 Å². The summed E-state index contributed by atoms with van der Waals surface area (Å²) >= 11 is 7.65. The number of amides is 1. The van der Waals surface area contributed by atoms with Gasteiger partial charge < -0.3 is 4.90 Å². The van der Waals surface area contributed by atoms with E-state index in [1.54, 1.807) is 16.2 Å². The van der Waals surface area contributed by atoms with Gasteiger partial charge in [0, 0.05) is 17.7 Å². The van der Waals surface area contributed by atoms with E-state index in [9.17, 15) is 13.2 Å². The van der Waals surface area contributed by atoms with Gasteiger partial charge in [0.05, 0.1) is 22.0 Å². The summed E-state index contributed by atoms with van der Waals surface area (Å²) < 4.78 is 23.3. The first-order chi connectivity index (χ1) is 10.3. The molecule has 1 aromatic carbocycles. The highest BCUT2D eigenvalue weighted by Crippen LogP contribution is 2.23. The van der Waals surface area contributed by atoms with Crippen molar-refractivity contribution in [1.82, 2.24) is 4.90 Å². The molecule has 0 fully saturated rings. The van der Waals surface area contributed by atoms with E-state index in [2.05, 4.69) is 0 Å². The van der Waals surface area contributed by atoms with Crippen LogP contribution in [0.15, 0.2) is 40.6 Å². The summed E-state index contributed by atoms with van der Waals surface area (Å²) in [6.45, 7) is 2.86. The highest BCUT2D eigenvalue weighted by atomic mass is 35.5. The SMILES string of the molecule is CCN(Cc1cccs1)C(=O)c1cc(S(C)(=O)=O)ccc1Cl. The number of nitrogens with zero attached hydrogens (tertiary/aromatic N) is 1. The van der Waals surface area contributed by atoms with Crippen molar-refractivity contribution in [3.8, 4) is 0 Å². The maximum Gasteiger partial charge on any atom is 0.255 e. The van der Waals surface area contributed by atoms with Crippen molar-refractivity contribution < 1.29 is 13.2 Å². The van der Waals surface area contributed by atoms with Crippen molar-refractivity contribution in [2.75, 3.05) is 12.8 Å². The second kappa shape index (κ2) is 6.81. The molecule has 1 aromatic heterocycles. The Hall–Kier alpha value is -1.37. The van der Waals surface area contributed by atoms with E-state index >= 15 is 0 Å². The van der Waals surface area contributed by atoms with E-state index in [4.69, 9.17) is 11.6 Å². The van der Waals surface area contributed by atoms with Gasteiger partial charge in [-0.25, -0.2) is 8.42 Å². The van der Waals surface area contributed by atoms with Gasteiger partial charge in [0.2, 0.25) is 0 Å². The maximum atomic E-state index is 12.7. The van der Waals surface area contributed by atoms with Gasteiger partial charge in [-0.3, -0.25) is 4.79 Å². The van der Waals surface area contributed by atoms with Gasteiger partial charge in [0.1, 0.15) is 0 Å². The first-order valence-electron chi connectivity index (χ1n) is 6.64. The molecule has 1 heterocycles. The fraction of sp³-hybridized carbons (Fsp3) is 0.267. The van der Waals surface area contributed by atoms with Crippen LogP contribution in [0.5, 0.6) is 0 Å². The first kappa shape index (κ1) is 17.0. The molecule has 0 bridgehead atoms. The zero-order valence-corrected chi connectivity index (χ0v) is 14.6. The Kier molecular flexibility index (Phi) is 5.26. The highest BCUT2D eigenvalue weighted by molar-refractivity contribution is 7.90. The standard InChI is InChI=1S/C15H16ClNO3S2/c1-3-17(10-11-5-4-8-21-11)15(18)13-9-12(22(2,19)20)6-7-14(13)16/h4-9H,3,10H2,1-2H3. The molecule has 0 saturated carbocycles. The molecule has 4 nitrogen and oxygen atoms in total. The zero-order chi connectivity index (χ0) is 16.3. The van der Waals surface area contributed by atoms with Crippen molar-refractivity contribution in [2.45, 2.75) is 18.4 Å². The fourth-order valence-electron chi connectivity index (χ4n) is 1.99. The maximum absolute atomic E-state index is 12.7. The summed E-state index contributed by atoms with van der Waals surface area (Å²) in [6, 6.07) is 8.08. The van der Waals surface area contributed by atoms with Crippen LogP contribution in [-0.4, -0.2) is 32.0 Å². The quantitative estimate of drug-likeness (QED) is 0.823. The van der Waals surface area contributed by atoms with Crippen LogP contribution >= 0.6 is 22.9 Å². The lowest BCUT2D eigenvalue weighted by molar-refractivity contribution is 0.0754. The summed E-state index contributed by atoms with van der Waals surface area (Å²) in [4.78, 5) is 15.4. The van der Waals surface area contributed by atoms with Crippen LogP contribution in [-0.2, 0) is 16.4 Å². The predicted molar refractivity (Wildman–Crippen MR) is 89.3 cm³/mol. The first-order valence-corrected chi connectivity index (χ1v) is 9.79. The van der Waals surface area contributed by atoms with Gasteiger partial charge >= 0.3 is 0 Å². The average molecular weight is 358 g/mol. The van der Waals surface area contributed by atoms with Gasteiger partial charge in [-0.15, -0.1) is 11.3 Å². The second-order valence-corrected chi connectivity index (χ2v) is 8.27. The summed E-state index contributed by atoms with van der Waals surface area (Å²) in [5.74, 6) is -0.272. The van der Waals surface area contributed by atoms with Crippen molar-refractivity contribution in [2.24, 2.45) is 0 Å². The number of hydrogen-bond donors (Lipinski definition) is 0. The fourth-order valence-corrected chi connectivity index (χ4v) is 3.55. The third-order valence-electron chi connectivity index (χ3n) is 3.19. The molecule has 2 aromatic rings. The lowest BCUT2D eigenvalue weighted by Gasteiger charge is -2.21. The van der Waals surface area contributed by atoms with Crippen LogP contribution in [0.3, 0.4) is 0 Å². The van der Waals surface area contributed by atoms with Crippen molar-refractivity contribution in [1.29, 1.82) is 0 Å². The van der Waals surface area contributed by atoms with E-state index in [0.29, 0.717) is 13.1 Å². The van der Waals surface area contributed by atoms with E-state index in [0.717, 1.165) is 11.1 Å². The van der Waals surface area contributed by atoms with E-state index in [1.807, 2.05) is 24.4 Å². The minimum atomic E-state index is -3.39. The van der Waals surface area contributed by atoms with Gasteiger partial charge in [-0.2, -0.15) is 0 Å². The monoisotopic (exact) mass is 357 g/mol. The number of hydrogen-bond acceptors (Lipinski definition) is 4. The summed E-state index contributed by atoms with van der Waals surface area (Å²) in [5, 5.41) is 2.20. The van der Waals surface area contributed by atoms with Crippen molar-refractivity contribution >= 4 is 38.7 Å². The molecule has 0 aliphatic heterocycles. The number of carbonyl (C=O) groups is 1. The molecule has 2 rings (SSSR count). The van der Waals surface area contributed by atoms with Crippen LogP contribution in [0.1, 0.15) is 22.2 Å². The third kappa shape index (κ3) is 3.88. The van der Waals surface area contributed by atoms with E-state index in [1.165, 1.54) is 18.2 Å². The smallest absolute Gasteiger partial charge is 0.255 e. The number of rotatable bonds is 5. The Bertz CT molecular complexity index is 770. The molecule has 0 spiro atoms. The van der Waals surface area contributed by atoms with Gasteiger partial charge in [0.25, 0.3) is 5.91 Å². The molecule has 0 aliphatic carbocycles. The Morgan fingerprint density at radius 3 is 2.59 bits per heavy atom. The molecule has 1 amide bonds. The van der Waals surface area contributed by atoms with Crippen LogP contribution in [0.4, 0.5) is 0 Å². The number of carbonyl (C=O) groups excluding carboxylic acids is 1. The van der Waals surface area contributed by atoms with Crippen LogP contribution in [0, 0.1) is 0 Å². The summed E-state index contributed by atoms with van der Waals surface area (Å²) in [7, 11) is -3.39. The molecule has 118 valence electrons. The lowest BCUT2D eigenvalue weighted by Crippen LogP contribution is -2.30. The molecule has 0 radical (unpaired) electrons. The largest absolute Gasteiger partial charge is 0.334 e. The number of halogens is 1. The Balaban J connectivity index is 2.34. The Morgan fingerprint density at radius 1 is 1.32 bits per heavy atom. The van der Waals surface area contributed by atoms with Crippen LogP contribution in [0.25, 0.3) is 0 Å². The average Bonchev–Trinajstić information content (AvgIpc) is 2.96. The molecular weight excluding hydrogens is 342 g/mol. The zero-order valence-electron chi connectivity index (χ0n) is 12.2. The minimum Gasteiger partial charge on any atom is -0.334 e. The van der Waals surface area contributed by atoms with Crippen LogP contribution < -0.4 is 0 Å². The van der Waals surface area contributed by atoms with Crippen molar-refractivity contribution in [3.63, 3.8) is 0 Å². The molecule has 0 N–H and O–H groups in total. The highest BCUT2D eigenvalue weighted by Gasteiger charge is 2.20. The molecule has 0 saturated heterocycles. The second-order valence-electron chi connectivity index (χ2n) is 4.81.